The third kappa shape index (κ3) is 4.25. The zero-order valence-corrected chi connectivity index (χ0v) is 15.1. The number of hydrogen-bond donors (Lipinski definition) is 2. The number of fused-ring (bicyclic) bond motifs is 1. The van der Waals surface area contributed by atoms with Crippen LogP contribution < -0.4 is 9.86 Å². The lowest BCUT2D eigenvalue weighted by Crippen LogP contribution is -2.43. The minimum Gasteiger partial charge on any atom is -0.225 e. The van der Waals surface area contributed by atoms with Crippen molar-refractivity contribution in [1.29, 1.82) is 0 Å². The molecule has 0 saturated heterocycles. The van der Waals surface area contributed by atoms with Crippen molar-refractivity contribution in [3.63, 3.8) is 0 Å². The summed E-state index contributed by atoms with van der Waals surface area (Å²) < 4.78 is 51.4. The van der Waals surface area contributed by atoms with E-state index < -0.39 is 20.2 Å². The molecule has 2 aromatic rings. The second-order valence-electron chi connectivity index (χ2n) is 5.87. The van der Waals surface area contributed by atoms with Crippen LogP contribution in [0.3, 0.4) is 0 Å². The maximum absolute atomic E-state index is 12.5. The number of sulfonamides is 1. The van der Waals surface area contributed by atoms with Crippen LogP contribution in [0, 0.1) is 0 Å². The summed E-state index contributed by atoms with van der Waals surface area (Å²) in [6.07, 6.45) is 0.681. The molecule has 0 atom stereocenters. The summed E-state index contributed by atoms with van der Waals surface area (Å²) >= 11 is 0. The number of benzene rings is 2. The number of nitrogens with zero attached hydrogens (tertiary/aromatic N) is 1. The molecule has 2 aromatic carbocycles. The Morgan fingerprint density at radius 3 is 2.24 bits per heavy atom. The molecule has 134 valence electrons. The van der Waals surface area contributed by atoms with Crippen molar-refractivity contribution in [1.82, 2.24) is 9.03 Å². The van der Waals surface area contributed by atoms with E-state index >= 15 is 0 Å². The average molecular weight is 381 g/mol. The molecule has 0 fully saturated rings. The number of primary sulfonamides is 1. The summed E-state index contributed by atoms with van der Waals surface area (Å²) in [7, 11) is -7.38. The van der Waals surface area contributed by atoms with Gasteiger partial charge >= 0.3 is 0 Å². The molecule has 1 aliphatic heterocycles. The summed E-state index contributed by atoms with van der Waals surface area (Å²) in [5, 5.41) is 5.04. The van der Waals surface area contributed by atoms with Gasteiger partial charge in [-0.05, 0) is 35.2 Å². The van der Waals surface area contributed by atoms with Gasteiger partial charge in [0.2, 0.25) is 10.0 Å². The molecule has 0 spiro atoms. The van der Waals surface area contributed by atoms with Crippen LogP contribution in [0.2, 0.25) is 0 Å². The Morgan fingerprint density at radius 1 is 0.960 bits per heavy atom. The molecule has 0 bridgehead atoms. The smallest absolute Gasteiger partial charge is 0.225 e. The van der Waals surface area contributed by atoms with E-state index in [-0.39, 0.29) is 11.4 Å². The van der Waals surface area contributed by atoms with Crippen LogP contribution in [-0.2, 0) is 39.7 Å². The zero-order valence-electron chi connectivity index (χ0n) is 13.4. The maximum atomic E-state index is 12.5. The van der Waals surface area contributed by atoms with Crippen LogP contribution in [0.25, 0.3) is 0 Å². The van der Waals surface area contributed by atoms with Crippen LogP contribution in [0.4, 0.5) is 0 Å². The van der Waals surface area contributed by atoms with Gasteiger partial charge in [-0.15, -0.1) is 0 Å². The van der Waals surface area contributed by atoms with Crippen LogP contribution >= 0.6 is 0 Å². The second kappa shape index (κ2) is 6.85. The lowest BCUT2D eigenvalue weighted by atomic mass is 10.0. The lowest BCUT2D eigenvalue weighted by Gasteiger charge is -2.28. The van der Waals surface area contributed by atoms with Gasteiger partial charge in [0, 0.05) is 19.6 Å². The molecule has 25 heavy (non-hydrogen) atoms. The standard InChI is InChI=1S/C16H19N3O4S2/c17-24(20,21)16-7-5-13(6-8-16)11-18-25(22,23)19-10-9-14-3-1-2-4-15(14)12-19/h1-8,18H,9-12H2,(H2,17,20,21). The van der Waals surface area contributed by atoms with Crippen LogP contribution in [0.15, 0.2) is 53.4 Å². The van der Waals surface area contributed by atoms with Gasteiger partial charge in [-0.25, -0.2) is 13.6 Å². The molecule has 3 rings (SSSR count). The minimum atomic E-state index is -3.76. The van der Waals surface area contributed by atoms with Gasteiger partial charge in [-0.3, -0.25) is 0 Å². The van der Waals surface area contributed by atoms with E-state index in [2.05, 4.69) is 4.72 Å². The topological polar surface area (TPSA) is 110 Å². The van der Waals surface area contributed by atoms with Crippen molar-refractivity contribution in [2.24, 2.45) is 5.14 Å². The predicted molar refractivity (Wildman–Crippen MR) is 94.1 cm³/mol. The van der Waals surface area contributed by atoms with Gasteiger partial charge in [0.1, 0.15) is 0 Å². The predicted octanol–water partition coefficient (Wildman–Crippen LogP) is 0.727. The van der Waals surface area contributed by atoms with Gasteiger partial charge in [0.25, 0.3) is 10.2 Å². The highest BCUT2D eigenvalue weighted by atomic mass is 32.2. The molecular formula is C16H19N3O4S2. The average Bonchev–Trinajstić information content (AvgIpc) is 2.59. The van der Waals surface area contributed by atoms with Crippen LogP contribution in [0.5, 0.6) is 0 Å². The third-order valence-corrected chi connectivity index (χ3v) is 6.58. The molecule has 1 aliphatic rings. The highest BCUT2D eigenvalue weighted by molar-refractivity contribution is 7.89. The zero-order chi connectivity index (χ0) is 18.1. The highest BCUT2D eigenvalue weighted by Gasteiger charge is 2.26. The fraction of sp³-hybridized carbons (Fsp3) is 0.250. The Hall–Kier alpha value is -1.78. The second-order valence-corrected chi connectivity index (χ2v) is 9.18. The first-order valence-electron chi connectivity index (χ1n) is 7.69. The molecule has 0 aromatic heterocycles. The van der Waals surface area contributed by atoms with Crippen LogP contribution in [0.1, 0.15) is 16.7 Å². The number of rotatable bonds is 5. The van der Waals surface area contributed by atoms with Crippen molar-refractivity contribution in [3.05, 3.63) is 65.2 Å². The molecule has 9 heteroatoms. The SMILES string of the molecule is NS(=O)(=O)c1ccc(CNS(=O)(=O)N2CCc3ccccc3C2)cc1. The van der Waals surface area contributed by atoms with E-state index in [1.165, 1.54) is 34.1 Å². The van der Waals surface area contributed by atoms with Gasteiger partial charge in [-0.1, -0.05) is 36.4 Å². The van der Waals surface area contributed by atoms with E-state index in [1.54, 1.807) is 0 Å². The van der Waals surface area contributed by atoms with Crippen LogP contribution in [-0.4, -0.2) is 27.7 Å². The van der Waals surface area contributed by atoms with Crippen molar-refractivity contribution in [3.8, 4) is 0 Å². The Balaban J connectivity index is 1.66. The summed E-state index contributed by atoms with van der Waals surface area (Å²) in [5.74, 6) is 0. The molecular weight excluding hydrogens is 362 g/mol. The van der Waals surface area contributed by atoms with Gasteiger partial charge in [0.15, 0.2) is 0 Å². The first-order valence-corrected chi connectivity index (χ1v) is 10.7. The maximum Gasteiger partial charge on any atom is 0.280 e. The monoisotopic (exact) mass is 381 g/mol. The molecule has 0 amide bonds. The Morgan fingerprint density at radius 2 is 1.60 bits per heavy atom. The van der Waals surface area contributed by atoms with Gasteiger partial charge in [0.05, 0.1) is 4.90 Å². The first kappa shape index (κ1) is 18.0. The van der Waals surface area contributed by atoms with Gasteiger partial charge < -0.3 is 0 Å². The number of nitrogens with two attached hydrogens (primary N) is 1. The minimum absolute atomic E-state index is 0.00764. The molecule has 0 radical (unpaired) electrons. The normalized spacial score (nSPS) is 15.7. The van der Waals surface area contributed by atoms with E-state index in [1.807, 2.05) is 24.3 Å². The Bertz CT molecular complexity index is 971. The third-order valence-electron chi connectivity index (χ3n) is 4.15. The summed E-state index contributed by atoms with van der Waals surface area (Å²) in [4.78, 5) is -0.00764. The Kier molecular flexibility index (Phi) is 4.94. The first-order chi connectivity index (χ1) is 11.8. The van der Waals surface area contributed by atoms with E-state index in [0.29, 0.717) is 25.1 Å². The molecule has 0 saturated carbocycles. The lowest BCUT2D eigenvalue weighted by molar-refractivity contribution is 0.384. The molecule has 7 nitrogen and oxygen atoms in total. The molecule has 0 aliphatic carbocycles. The Labute approximate surface area is 147 Å². The van der Waals surface area contributed by atoms with Crippen molar-refractivity contribution in [2.75, 3.05) is 6.54 Å². The van der Waals surface area contributed by atoms with Gasteiger partial charge in [-0.2, -0.15) is 17.4 Å². The highest BCUT2D eigenvalue weighted by Crippen LogP contribution is 2.20. The largest absolute Gasteiger partial charge is 0.280 e. The number of hydrogen-bond acceptors (Lipinski definition) is 4. The molecule has 0 unspecified atom stereocenters. The summed E-state index contributed by atoms with van der Waals surface area (Å²) in [6.45, 7) is 0.845. The number of nitrogens with one attached hydrogen (secondary N) is 1. The van der Waals surface area contributed by atoms with Crippen molar-refractivity contribution < 1.29 is 16.8 Å². The fourth-order valence-corrected chi connectivity index (χ4v) is 4.43. The van der Waals surface area contributed by atoms with Crippen molar-refractivity contribution in [2.45, 2.75) is 24.4 Å². The van der Waals surface area contributed by atoms with E-state index in [4.69, 9.17) is 5.14 Å². The van der Waals surface area contributed by atoms with E-state index in [9.17, 15) is 16.8 Å². The van der Waals surface area contributed by atoms with Crippen molar-refractivity contribution >= 4 is 20.2 Å². The molecule has 1 heterocycles. The molecule has 3 N–H and O–H groups in total. The summed E-state index contributed by atoms with van der Waals surface area (Å²) in [6, 6.07) is 13.6. The fourth-order valence-electron chi connectivity index (χ4n) is 2.74. The quantitative estimate of drug-likeness (QED) is 0.795. The van der Waals surface area contributed by atoms with E-state index in [0.717, 1.165) is 5.56 Å². The summed E-state index contributed by atoms with van der Waals surface area (Å²) in [5.41, 5.74) is 2.83.